The third-order valence-electron chi connectivity index (χ3n) is 7.11. The first-order valence-electron chi connectivity index (χ1n) is 13.3. The van der Waals surface area contributed by atoms with E-state index < -0.39 is 28.5 Å². The number of benzene rings is 3. The van der Waals surface area contributed by atoms with Crippen LogP contribution in [0.25, 0.3) is 0 Å². The molecule has 3 aromatic rings. The van der Waals surface area contributed by atoms with E-state index >= 15 is 0 Å². The predicted octanol–water partition coefficient (Wildman–Crippen LogP) is 6.11. The zero-order valence-electron chi connectivity index (χ0n) is 22.6. The van der Waals surface area contributed by atoms with Gasteiger partial charge in [-0.3, -0.25) is 13.9 Å². The number of rotatable bonds is 11. The SMILES string of the molecule is CS(=O)(=O)N(CC(=O)N(Cc1ccc(Cl)cc1)[C@@H](Cc1ccccc1)C(=O)NC1CCCC1)c1ccc(Cl)c(Cl)c1. The van der Waals surface area contributed by atoms with Crippen LogP contribution in [0.4, 0.5) is 5.69 Å². The molecule has 11 heteroatoms. The molecule has 0 aliphatic heterocycles. The Balaban J connectivity index is 1.72. The number of sulfonamides is 1. The van der Waals surface area contributed by atoms with Crippen LogP contribution in [0.15, 0.2) is 72.8 Å². The Morgan fingerprint density at radius 2 is 1.56 bits per heavy atom. The van der Waals surface area contributed by atoms with Crippen LogP contribution in [0.3, 0.4) is 0 Å². The molecule has 0 radical (unpaired) electrons. The second-order valence-electron chi connectivity index (χ2n) is 10.2. The summed E-state index contributed by atoms with van der Waals surface area (Å²) in [6.07, 6.45) is 5.11. The highest BCUT2D eigenvalue weighted by atomic mass is 35.5. The lowest BCUT2D eigenvalue weighted by atomic mass is 10.0. The molecule has 1 fully saturated rings. The van der Waals surface area contributed by atoms with E-state index in [9.17, 15) is 18.0 Å². The Morgan fingerprint density at radius 3 is 2.17 bits per heavy atom. The Hall–Kier alpha value is -2.78. The van der Waals surface area contributed by atoms with Gasteiger partial charge in [0.15, 0.2) is 0 Å². The van der Waals surface area contributed by atoms with E-state index in [0.29, 0.717) is 5.02 Å². The molecule has 41 heavy (non-hydrogen) atoms. The first kappa shape index (κ1) is 31.2. The minimum atomic E-state index is -3.91. The van der Waals surface area contributed by atoms with Crippen LogP contribution < -0.4 is 9.62 Å². The van der Waals surface area contributed by atoms with Crippen molar-refractivity contribution in [2.24, 2.45) is 0 Å². The first-order chi connectivity index (χ1) is 19.5. The number of anilines is 1. The Labute approximate surface area is 256 Å². The number of hydrogen-bond acceptors (Lipinski definition) is 4. The fourth-order valence-electron chi connectivity index (χ4n) is 4.96. The van der Waals surface area contributed by atoms with Crippen molar-refractivity contribution in [2.45, 2.75) is 50.7 Å². The molecule has 4 rings (SSSR count). The number of amides is 2. The van der Waals surface area contributed by atoms with Gasteiger partial charge in [-0.05, 0) is 54.3 Å². The van der Waals surface area contributed by atoms with Crippen molar-refractivity contribution in [3.05, 3.63) is 99.0 Å². The molecule has 1 aliphatic rings. The van der Waals surface area contributed by atoms with E-state index in [2.05, 4.69) is 5.32 Å². The van der Waals surface area contributed by atoms with Crippen molar-refractivity contribution < 1.29 is 18.0 Å². The summed E-state index contributed by atoms with van der Waals surface area (Å²) in [7, 11) is -3.91. The lowest BCUT2D eigenvalue weighted by Crippen LogP contribution is -2.54. The summed E-state index contributed by atoms with van der Waals surface area (Å²) in [4.78, 5) is 29.4. The van der Waals surface area contributed by atoms with Crippen LogP contribution in [0.2, 0.25) is 15.1 Å². The van der Waals surface area contributed by atoms with Gasteiger partial charge in [0.1, 0.15) is 12.6 Å². The van der Waals surface area contributed by atoms with Crippen molar-refractivity contribution in [3.63, 3.8) is 0 Å². The second kappa shape index (κ2) is 13.9. The van der Waals surface area contributed by atoms with Crippen LogP contribution in [-0.4, -0.2) is 50.0 Å². The smallest absolute Gasteiger partial charge is 0.244 e. The summed E-state index contributed by atoms with van der Waals surface area (Å²) in [6.45, 7) is -0.461. The topological polar surface area (TPSA) is 86.8 Å². The zero-order chi connectivity index (χ0) is 29.6. The van der Waals surface area contributed by atoms with E-state index in [4.69, 9.17) is 34.8 Å². The Bertz CT molecular complexity index is 1460. The normalized spacial score (nSPS) is 14.4. The predicted molar refractivity (Wildman–Crippen MR) is 165 cm³/mol. The third kappa shape index (κ3) is 8.61. The van der Waals surface area contributed by atoms with Gasteiger partial charge in [-0.2, -0.15) is 0 Å². The molecule has 0 saturated heterocycles. The minimum Gasteiger partial charge on any atom is -0.352 e. The number of hydrogen-bond donors (Lipinski definition) is 1. The van der Waals surface area contributed by atoms with Gasteiger partial charge in [-0.15, -0.1) is 0 Å². The molecule has 1 N–H and O–H groups in total. The summed E-state index contributed by atoms with van der Waals surface area (Å²) in [6, 6.07) is 19.9. The van der Waals surface area contributed by atoms with Gasteiger partial charge in [-0.1, -0.05) is 90.1 Å². The molecule has 1 atom stereocenters. The zero-order valence-corrected chi connectivity index (χ0v) is 25.7. The molecule has 7 nitrogen and oxygen atoms in total. The maximum atomic E-state index is 14.1. The molecule has 1 saturated carbocycles. The molecule has 3 aromatic carbocycles. The summed E-state index contributed by atoms with van der Waals surface area (Å²) >= 11 is 18.3. The van der Waals surface area contributed by atoms with E-state index in [0.717, 1.165) is 47.4 Å². The molecule has 0 aromatic heterocycles. The van der Waals surface area contributed by atoms with Crippen molar-refractivity contribution in [1.29, 1.82) is 0 Å². The number of halogens is 3. The first-order valence-corrected chi connectivity index (χ1v) is 16.3. The average Bonchev–Trinajstić information content (AvgIpc) is 3.45. The molecular formula is C30H32Cl3N3O4S. The van der Waals surface area contributed by atoms with Crippen molar-refractivity contribution in [2.75, 3.05) is 17.1 Å². The molecule has 2 amide bonds. The summed E-state index contributed by atoms with van der Waals surface area (Å²) < 4.78 is 26.8. The van der Waals surface area contributed by atoms with Crippen molar-refractivity contribution in [3.8, 4) is 0 Å². The fourth-order valence-corrected chi connectivity index (χ4v) is 6.22. The summed E-state index contributed by atoms with van der Waals surface area (Å²) in [5.74, 6) is -0.817. The lowest BCUT2D eigenvalue weighted by molar-refractivity contribution is -0.140. The van der Waals surface area contributed by atoms with E-state index in [1.165, 1.54) is 23.1 Å². The number of carbonyl (C=O) groups excluding carboxylic acids is 2. The summed E-state index contributed by atoms with van der Waals surface area (Å²) in [5.41, 5.74) is 1.81. The third-order valence-corrected chi connectivity index (χ3v) is 9.24. The standard InChI is InChI=1S/C30H32Cl3N3O4S/c1-41(39,40)36(25-15-16-26(32)27(33)18-25)20-29(37)35(19-22-11-13-23(31)14-12-22)28(17-21-7-3-2-4-8-21)30(38)34-24-9-5-6-10-24/h2-4,7-8,11-16,18,24,28H,5-6,9-10,17,19-20H2,1H3,(H,34,38)/t28-/m0/s1. The quantitative estimate of drug-likeness (QED) is 0.275. The molecular weight excluding hydrogens is 605 g/mol. The van der Waals surface area contributed by atoms with Crippen LogP contribution in [-0.2, 0) is 32.6 Å². The van der Waals surface area contributed by atoms with Crippen LogP contribution in [0, 0.1) is 0 Å². The van der Waals surface area contributed by atoms with Crippen LogP contribution in [0.5, 0.6) is 0 Å². The fraction of sp³-hybridized carbons (Fsp3) is 0.333. The average molecular weight is 637 g/mol. The molecule has 0 heterocycles. The van der Waals surface area contributed by atoms with Crippen LogP contribution in [0.1, 0.15) is 36.8 Å². The van der Waals surface area contributed by atoms with E-state index in [1.54, 1.807) is 24.3 Å². The monoisotopic (exact) mass is 635 g/mol. The van der Waals surface area contributed by atoms with Crippen molar-refractivity contribution >= 4 is 62.3 Å². The van der Waals surface area contributed by atoms with Crippen LogP contribution >= 0.6 is 34.8 Å². The molecule has 218 valence electrons. The maximum absolute atomic E-state index is 14.1. The van der Waals surface area contributed by atoms with Gasteiger partial charge in [0.05, 0.1) is 22.0 Å². The van der Waals surface area contributed by atoms with E-state index in [1.807, 2.05) is 30.3 Å². The number of nitrogens with zero attached hydrogens (tertiary/aromatic N) is 2. The second-order valence-corrected chi connectivity index (χ2v) is 13.4. The van der Waals surface area contributed by atoms with Gasteiger partial charge in [0.2, 0.25) is 21.8 Å². The molecule has 0 bridgehead atoms. The highest BCUT2D eigenvalue weighted by Crippen LogP contribution is 2.29. The van der Waals surface area contributed by atoms with Gasteiger partial charge < -0.3 is 10.2 Å². The molecule has 1 aliphatic carbocycles. The van der Waals surface area contributed by atoms with Crippen molar-refractivity contribution in [1.82, 2.24) is 10.2 Å². The van der Waals surface area contributed by atoms with Gasteiger partial charge in [-0.25, -0.2) is 8.42 Å². The van der Waals surface area contributed by atoms with Gasteiger partial charge >= 0.3 is 0 Å². The highest BCUT2D eigenvalue weighted by Gasteiger charge is 2.34. The number of nitrogens with one attached hydrogen (secondary N) is 1. The van der Waals surface area contributed by atoms with Gasteiger partial charge in [0.25, 0.3) is 0 Å². The Kier molecular flexibility index (Phi) is 10.6. The maximum Gasteiger partial charge on any atom is 0.244 e. The summed E-state index contributed by atoms with van der Waals surface area (Å²) in [5, 5.41) is 4.09. The Morgan fingerprint density at radius 1 is 0.902 bits per heavy atom. The lowest BCUT2D eigenvalue weighted by Gasteiger charge is -2.34. The highest BCUT2D eigenvalue weighted by molar-refractivity contribution is 7.92. The van der Waals surface area contributed by atoms with Gasteiger partial charge in [0, 0.05) is 24.0 Å². The van der Waals surface area contributed by atoms with E-state index in [-0.39, 0.29) is 40.6 Å². The molecule has 0 unspecified atom stereocenters. The largest absolute Gasteiger partial charge is 0.352 e. The number of carbonyl (C=O) groups is 2. The molecule has 0 spiro atoms. The minimum absolute atomic E-state index is 0.0389.